The number of hydrazine groups is 1. The van der Waals surface area contributed by atoms with E-state index >= 15 is 0 Å². The molecule has 32 heavy (non-hydrogen) atoms. The monoisotopic (exact) mass is 453 g/mol. The minimum atomic E-state index is -0.755. The summed E-state index contributed by atoms with van der Waals surface area (Å²) >= 11 is 1.19. The highest BCUT2D eigenvalue weighted by molar-refractivity contribution is 7.12. The molecule has 1 aromatic heterocycles. The zero-order valence-corrected chi connectivity index (χ0v) is 17.9. The maximum atomic E-state index is 13.3. The highest BCUT2D eigenvalue weighted by Gasteiger charge is 2.51. The number of nitro groups is 1. The first kappa shape index (κ1) is 21.6. The van der Waals surface area contributed by atoms with Crippen LogP contribution in [0.1, 0.15) is 39.8 Å². The number of fused-ring (bicyclic) bond motifs is 1. The van der Waals surface area contributed by atoms with Gasteiger partial charge in [-0.25, -0.2) is 5.01 Å². The first-order valence-electron chi connectivity index (χ1n) is 9.94. The van der Waals surface area contributed by atoms with Gasteiger partial charge in [0.05, 0.1) is 21.6 Å². The van der Waals surface area contributed by atoms with Gasteiger partial charge >= 0.3 is 0 Å². The Morgan fingerprint density at radius 2 is 1.84 bits per heavy atom. The van der Waals surface area contributed by atoms with Crippen LogP contribution >= 0.6 is 11.3 Å². The van der Waals surface area contributed by atoms with Crippen molar-refractivity contribution in [2.45, 2.75) is 19.8 Å². The standard InChI is InChI=1S/C22H19N3O6S/c1-13-4-9-16-17(11-13)22(29)24(21(16)28)23(12-18(26)19-3-2-10-32-19)20(27)14-5-7-15(8-6-14)25(30)31/h2-8,10,16-17H,9,11-12H2,1H3/t16-,17+/m1/s1. The van der Waals surface area contributed by atoms with Crippen LogP contribution in [0.5, 0.6) is 0 Å². The number of carbonyl (C=O) groups is 4. The molecule has 9 nitrogen and oxygen atoms in total. The lowest BCUT2D eigenvalue weighted by Crippen LogP contribution is -2.52. The molecule has 4 rings (SSSR count). The molecule has 0 saturated carbocycles. The van der Waals surface area contributed by atoms with Gasteiger partial charge in [-0.1, -0.05) is 17.7 Å². The molecular formula is C22H19N3O6S. The van der Waals surface area contributed by atoms with E-state index in [1.54, 1.807) is 17.5 Å². The molecule has 1 saturated heterocycles. The lowest BCUT2D eigenvalue weighted by Gasteiger charge is -2.29. The molecule has 1 fully saturated rings. The van der Waals surface area contributed by atoms with Crippen molar-refractivity contribution in [3.8, 4) is 0 Å². The molecule has 2 atom stereocenters. The molecule has 0 N–H and O–H groups in total. The lowest BCUT2D eigenvalue weighted by molar-refractivity contribution is -0.384. The largest absolute Gasteiger partial charge is 0.291 e. The average Bonchev–Trinajstić information content (AvgIpc) is 3.40. The summed E-state index contributed by atoms with van der Waals surface area (Å²) in [6.45, 7) is 1.39. The molecule has 2 aliphatic rings. The smallest absolute Gasteiger partial charge is 0.273 e. The Balaban J connectivity index is 1.68. The lowest BCUT2D eigenvalue weighted by atomic mass is 9.82. The maximum absolute atomic E-state index is 13.3. The van der Waals surface area contributed by atoms with E-state index in [4.69, 9.17) is 0 Å². The number of benzene rings is 1. The van der Waals surface area contributed by atoms with Crippen LogP contribution in [0.2, 0.25) is 0 Å². The van der Waals surface area contributed by atoms with Crippen molar-refractivity contribution in [2.75, 3.05) is 6.54 Å². The summed E-state index contributed by atoms with van der Waals surface area (Å²) in [5.74, 6) is -3.35. The van der Waals surface area contributed by atoms with E-state index in [9.17, 15) is 29.3 Å². The van der Waals surface area contributed by atoms with E-state index in [0.717, 1.165) is 27.7 Å². The molecule has 2 aromatic rings. The Kier molecular flexibility index (Phi) is 5.70. The highest BCUT2D eigenvalue weighted by atomic mass is 32.1. The van der Waals surface area contributed by atoms with Gasteiger partial charge in [0.15, 0.2) is 5.78 Å². The van der Waals surface area contributed by atoms with Gasteiger partial charge < -0.3 is 0 Å². The Morgan fingerprint density at radius 1 is 1.16 bits per heavy atom. The van der Waals surface area contributed by atoms with Crippen LogP contribution in [0.4, 0.5) is 5.69 Å². The summed E-state index contributed by atoms with van der Waals surface area (Å²) in [7, 11) is 0. The fourth-order valence-electron chi connectivity index (χ4n) is 4.02. The fourth-order valence-corrected chi connectivity index (χ4v) is 4.67. The third kappa shape index (κ3) is 3.84. The normalized spacial score (nSPS) is 20.0. The fraction of sp³-hybridized carbons (Fsp3) is 0.273. The first-order valence-corrected chi connectivity index (χ1v) is 10.8. The number of carbonyl (C=O) groups excluding carboxylic acids is 4. The number of thiophene rings is 1. The van der Waals surface area contributed by atoms with E-state index < -0.39 is 46.8 Å². The highest BCUT2D eigenvalue weighted by Crippen LogP contribution is 2.38. The van der Waals surface area contributed by atoms with Gasteiger partial charge in [-0.3, -0.25) is 29.3 Å². The predicted molar refractivity (Wildman–Crippen MR) is 115 cm³/mol. The molecule has 10 heteroatoms. The Bertz CT molecular complexity index is 1140. The SMILES string of the molecule is CC1=CC[C@H]2C(=O)N(N(CC(=O)c3cccs3)C(=O)c3ccc([N+](=O)[O-])cc3)C(=O)[C@H]2C1. The van der Waals surface area contributed by atoms with Crippen LogP contribution in [0.15, 0.2) is 53.4 Å². The minimum Gasteiger partial charge on any atom is -0.291 e. The predicted octanol–water partition coefficient (Wildman–Crippen LogP) is 3.24. The Morgan fingerprint density at radius 3 is 2.47 bits per heavy atom. The van der Waals surface area contributed by atoms with Crippen molar-refractivity contribution < 1.29 is 24.1 Å². The number of rotatable bonds is 6. The van der Waals surface area contributed by atoms with E-state index in [2.05, 4.69) is 0 Å². The number of Topliss-reactive ketones (excluding diaryl/α,β-unsaturated/α-hetero) is 1. The second-order valence-corrected chi connectivity index (χ2v) is 8.71. The van der Waals surface area contributed by atoms with Crippen molar-refractivity contribution in [1.82, 2.24) is 10.0 Å². The Labute approximate surface area is 187 Å². The van der Waals surface area contributed by atoms with Gasteiger partial charge in [0.25, 0.3) is 23.4 Å². The summed E-state index contributed by atoms with van der Waals surface area (Å²) in [5, 5.41) is 14.3. The number of non-ortho nitro benzene ring substituents is 1. The summed E-state index contributed by atoms with van der Waals surface area (Å²) < 4.78 is 0. The molecule has 0 radical (unpaired) electrons. The number of amides is 3. The van der Waals surface area contributed by atoms with Gasteiger partial charge in [-0.05, 0) is 43.3 Å². The first-order chi connectivity index (χ1) is 15.3. The zero-order valence-electron chi connectivity index (χ0n) is 17.1. The number of hydrogen-bond donors (Lipinski definition) is 0. The van der Waals surface area contributed by atoms with Gasteiger partial charge in [0.1, 0.15) is 6.54 Å². The van der Waals surface area contributed by atoms with Crippen molar-refractivity contribution in [1.29, 1.82) is 0 Å². The van der Waals surface area contributed by atoms with Crippen LogP contribution in [0, 0.1) is 22.0 Å². The van der Waals surface area contributed by atoms with E-state index in [1.807, 2.05) is 13.0 Å². The maximum Gasteiger partial charge on any atom is 0.273 e. The zero-order chi connectivity index (χ0) is 23.0. The molecule has 3 amide bonds. The number of ketones is 1. The molecule has 0 bridgehead atoms. The van der Waals surface area contributed by atoms with Gasteiger partial charge in [0, 0.05) is 17.7 Å². The third-order valence-corrected chi connectivity index (χ3v) is 6.60. The average molecular weight is 453 g/mol. The molecule has 0 spiro atoms. The topological polar surface area (TPSA) is 118 Å². The Hall–Kier alpha value is -3.66. The summed E-state index contributed by atoms with van der Waals surface area (Å²) in [5.41, 5.74) is 0.820. The number of hydrogen-bond acceptors (Lipinski definition) is 7. The number of allylic oxidation sites excluding steroid dienone is 2. The number of nitrogens with zero attached hydrogens (tertiary/aromatic N) is 3. The summed E-state index contributed by atoms with van der Waals surface area (Å²) in [4.78, 5) is 63.1. The number of imide groups is 1. The summed E-state index contributed by atoms with van der Waals surface area (Å²) in [6.07, 6.45) is 2.73. The van der Waals surface area contributed by atoms with Crippen LogP contribution in [-0.4, -0.2) is 45.0 Å². The molecule has 164 valence electrons. The molecule has 1 aromatic carbocycles. The van der Waals surface area contributed by atoms with E-state index in [-0.39, 0.29) is 11.3 Å². The van der Waals surface area contributed by atoms with Crippen LogP contribution in [0.3, 0.4) is 0 Å². The van der Waals surface area contributed by atoms with Crippen LogP contribution in [-0.2, 0) is 9.59 Å². The summed E-state index contributed by atoms with van der Waals surface area (Å²) in [6, 6.07) is 8.10. The van der Waals surface area contributed by atoms with Gasteiger partial charge in [-0.2, -0.15) is 5.01 Å². The minimum absolute atomic E-state index is 0.0272. The molecular weight excluding hydrogens is 434 g/mol. The van der Waals surface area contributed by atoms with Gasteiger partial charge in [-0.15, -0.1) is 11.3 Å². The van der Waals surface area contributed by atoms with Crippen molar-refractivity contribution in [3.63, 3.8) is 0 Å². The second-order valence-electron chi connectivity index (χ2n) is 7.76. The molecule has 0 unspecified atom stereocenters. The van der Waals surface area contributed by atoms with E-state index in [1.165, 1.54) is 23.5 Å². The molecule has 1 aliphatic heterocycles. The quantitative estimate of drug-likeness (QED) is 0.218. The second kappa shape index (κ2) is 8.46. The molecule has 2 heterocycles. The van der Waals surface area contributed by atoms with Gasteiger partial charge in [0.2, 0.25) is 0 Å². The van der Waals surface area contributed by atoms with E-state index in [0.29, 0.717) is 17.7 Å². The van der Waals surface area contributed by atoms with Crippen molar-refractivity contribution in [2.24, 2.45) is 11.8 Å². The van der Waals surface area contributed by atoms with Crippen molar-refractivity contribution >= 4 is 40.5 Å². The van der Waals surface area contributed by atoms with Crippen LogP contribution < -0.4 is 0 Å². The van der Waals surface area contributed by atoms with Crippen molar-refractivity contribution in [3.05, 3.63) is 74.0 Å². The number of nitro benzene ring substituents is 1. The molecule has 1 aliphatic carbocycles. The van der Waals surface area contributed by atoms with Crippen LogP contribution in [0.25, 0.3) is 0 Å². The third-order valence-electron chi connectivity index (χ3n) is 5.69.